The van der Waals surface area contributed by atoms with Gasteiger partial charge in [-0.2, -0.15) is 0 Å². The number of anilines is 1. The van der Waals surface area contributed by atoms with Gasteiger partial charge in [0.25, 0.3) is 0 Å². The topological polar surface area (TPSA) is 49.3 Å². The van der Waals surface area contributed by atoms with Gasteiger partial charge in [-0.25, -0.2) is 9.97 Å². The smallest absolute Gasteiger partial charge is 0.227 e. The van der Waals surface area contributed by atoms with Crippen LogP contribution in [0.4, 0.5) is 5.69 Å². The molecule has 116 valence electrons. The second-order valence-corrected chi connectivity index (χ2v) is 5.55. The summed E-state index contributed by atoms with van der Waals surface area (Å²) in [5, 5.41) is 0. The Hall–Kier alpha value is -2.43. The lowest BCUT2D eigenvalue weighted by Gasteiger charge is -2.24. The number of rotatable bonds is 5. The highest BCUT2D eigenvalue weighted by molar-refractivity contribution is 5.79. The average molecular weight is 298 g/mol. The monoisotopic (exact) mass is 298 g/mol. The third-order valence-electron chi connectivity index (χ3n) is 3.82. The lowest BCUT2D eigenvalue weighted by Crippen LogP contribution is -2.31. The van der Waals surface area contributed by atoms with Gasteiger partial charge in [0.15, 0.2) is 0 Å². The summed E-state index contributed by atoms with van der Waals surface area (Å²) in [6, 6.07) is 9.80. The fourth-order valence-electron chi connectivity index (χ4n) is 2.17. The summed E-state index contributed by atoms with van der Waals surface area (Å²) >= 11 is 0. The van der Waals surface area contributed by atoms with Crippen LogP contribution in [0.1, 0.15) is 24.2 Å². The number of likely N-dealkylation sites (N-methyl/N-ethyl adjacent to an activating group) is 1. The molecule has 0 fully saturated rings. The Morgan fingerprint density at radius 1 is 1.14 bits per heavy atom. The highest BCUT2D eigenvalue weighted by Crippen LogP contribution is 2.18. The molecule has 0 radical (unpaired) electrons. The fourth-order valence-corrected chi connectivity index (χ4v) is 2.17. The predicted molar refractivity (Wildman–Crippen MR) is 87.7 cm³/mol. The largest absolute Gasteiger partial charge is 0.378 e. The molecule has 0 spiro atoms. The molecule has 22 heavy (non-hydrogen) atoms. The number of aromatic nitrogens is 2. The maximum atomic E-state index is 12.4. The summed E-state index contributed by atoms with van der Waals surface area (Å²) < 4.78 is 0. The third kappa shape index (κ3) is 3.81. The summed E-state index contributed by atoms with van der Waals surface area (Å²) in [6.45, 7) is 1.97. The van der Waals surface area contributed by atoms with Crippen LogP contribution in [0.15, 0.2) is 42.9 Å². The molecule has 0 unspecified atom stereocenters. The molecule has 0 saturated carbocycles. The Bertz CT molecular complexity index is 610. The van der Waals surface area contributed by atoms with Gasteiger partial charge >= 0.3 is 0 Å². The van der Waals surface area contributed by atoms with Gasteiger partial charge < -0.3 is 9.80 Å². The third-order valence-corrected chi connectivity index (χ3v) is 3.82. The van der Waals surface area contributed by atoms with E-state index in [4.69, 9.17) is 0 Å². The molecule has 1 heterocycles. The molecule has 1 amide bonds. The van der Waals surface area contributed by atoms with Crippen LogP contribution in [-0.4, -0.2) is 41.9 Å². The summed E-state index contributed by atoms with van der Waals surface area (Å²) in [5.41, 5.74) is 2.98. The Morgan fingerprint density at radius 2 is 1.82 bits per heavy atom. The van der Waals surface area contributed by atoms with E-state index >= 15 is 0 Å². The number of amides is 1. The molecule has 1 aromatic carbocycles. The minimum Gasteiger partial charge on any atom is -0.378 e. The fraction of sp³-hybridized carbons (Fsp3) is 0.353. The van der Waals surface area contributed by atoms with Crippen molar-refractivity contribution in [1.82, 2.24) is 14.9 Å². The van der Waals surface area contributed by atoms with E-state index in [0.717, 1.165) is 16.9 Å². The van der Waals surface area contributed by atoms with Crippen LogP contribution in [0.5, 0.6) is 0 Å². The number of carbonyl (C=O) groups is 1. The van der Waals surface area contributed by atoms with Crippen LogP contribution in [0, 0.1) is 0 Å². The molecule has 5 heteroatoms. The van der Waals surface area contributed by atoms with Gasteiger partial charge in [0.2, 0.25) is 5.91 Å². The van der Waals surface area contributed by atoms with Crippen LogP contribution >= 0.6 is 0 Å². The lowest BCUT2D eigenvalue weighted by molar-refractivity contribution is -0.131. The first-order valence-corrected chi connectivity index (χ1v) is 7.27. The molecule has 0 aliphatic rings. The van der Waals surface area contributed by atoms with E-state index in [1.54, 1.807) is 11.1 Å². The molecule has 5 nitrogen and oxygen atoms in total. The second-order valence-electron chi connectivity index (χ2n) is 5.55. The number of nitrogens with zero attached hydrogens (tertiary/aromatic N) is 4. The maximum absolute atomic E-state index is 12.4. The van der Waals surface area contributed by atoms with Crippen LogP contribution in [0.25, 0.3) is 0 Å². The zero-order valence-corrected chi connectivity index (χ0v) is 13.5. The van der Waals surface area contributed by atoms with Crippen molar-refractivity contribution >= 4 is 11.6 Å². The SMILES string of the molecule is C[C@@H](c1ccncn1)N(C)C(=O)Cc1ccc(N(C)C)cc1. The zero-order valence-electron chi connectivity index (χ0n) is 13.5. The summed E-state index contributed by atoms with van der Waals surface area (Å²) in [7, 11) is 5.80. The number of carbonyl (C=O) groups excluding carboxylic acids is 1. The normalized spacial score (nSPS) is 11.8. The molecule has 1 atom stereocenters. The van der Waals surface area contributed by atoms with Crippen LogP contribution in [0.3, 0.4) is 0 Å². The highest BCUT2D eigenvalue weighted by atomic mass is 16.2. The van der Waals surface area contributed by atoms with E-state index in [0.29, 0.717) is 6.42 Å². The second kappa shape index (κ2) is 7.02. The summed E-state index contributed by atoms with van der Waals surface area (Å²) in [4.78, 5) is 24.3. The van der Waals surface area contributed by atoms with Gasteiger partial charge in [-0.05, 0) is 30.7 Å². The molecule has 0 aliphatic carbocycles. The van der Waals surface area contributed by atoms with Crippen molar-refractivity contribution in [3.05, 3.63) is 54.1 Å². The van der Waals surface area contributed by atoms with Crippen molar-refractivity contribution in [2.75, 3.05) is 26.0 Å². The minimum atomic E-state index is -0.0726. The van der Waals surface area contributed by atoms with Crippen molar-refractivity contribution in [2.24, 2.45) is 0 Å². The molecule has 0 saturated heterocycles. The molecule has 2 rings (SSSR count). The van der Waals surface area contributed by atoms with Crippen molar-refractivity contribution in [1.29, 1.82) is 0 Å². The first-order valence-electron chi connectivity index (χ1n) is 7.27. The number of hydrogen-bond donors (Lipinski definition) is 0. The predicted octanol–water partition coefficient (Wildman–Crippen LogP) is 2.30. The van der Waals surface area contributed by atoms with Crippen molar-refractivity contribution < 1.29 is 4.79 Å². The lowest BCUT2D eigenvalue weighted by atomic mass is 10.1. The van der Waals surface area contributed by atoms with Gasteiger partial charge in [0, 0.05) is 33.0 Å². The van der Waals surface area contributed by atoms with E-state index in [1.807, 2.05) is 63.3 Å². The highest BCUT2D eigenvalue weighted by Gasteiger charge is 2.18. The van der Waals surface area contributed by atoms with E-state index in [-0.39, 0.29) is 11.9 Å². The Morgan fingerprint density at radius 3 is 2.36 bits per heavy atom. The molecule has 1 aromatic heterocycles. The molecule has 0 aliphatic heterocycles. The van der Waals surface area contributed by atoms with Gasteiger partial charge in [-0.15, -0.1) is 0 Å². The quantitative estimate of drug-likeness (QED) is 0.850. The van der Waals surface area contributed by atoms with Crippen molar-refractivity contribution in [3.63, 3.8) is 0 Å². The van der Waals surface area contributed by atoms with E-state index in [1.165, 1.54) is 6.33 Å². The van der Waals surface area contributed by atoms with Crippen LogP contribution in [0.2, 0.25) is 0 Å². The van der Waals surface area contributed by atoms with Gasteiger partial charge in [-0.1, -0.05) is 12.1 Å². The minimum absolute atomic E-state index is 0.0726. The molecule has 2 aromatic rings. The standard InChI is InChI=1S/C17H22N4O/c1-13(16-9-10-18-12-19-16)21(4)17(22)11-14-5-7-15(8-6-14)20(2)3/h5-10,12-13H,11H2,1-4H3/t13-/m0/s1. The Balaban J connectivity index is 2.02. The van der Waals surface area contributed by atoms with Crippen LogP contribution in [-0.2, 0) is 11.2 Å². The molecule has 0 N–H and O–H groups in total. The van der Waals surface area contributed by atoms with Crippen LogP contribution < -0.4 is 4.90 Å². The number of benzene rings is 1. The first kappa shape index (κ1) is 15.9. The maximum Gasteiger partial charge on any atom is 0.227 e. The number of hydrogen-bond acceptors (Lipinski definition) is 4. The van der Waals surface area contributed by atoms with Gasteiger partial charge in [0.05, 0.1) is 18.2 Å². The summed E-state index contributed by atoms with van der Waals surface area (Å²) in [6.07, 6.45) is 3.58. The molecular weight excluding hydrogens is 276 g/mol. The van der Waals surface area contributed by atoms with E-state index < -0.39 is 0 Å². The molecule has 0 bridgehead atoms. The average Bonchev–Trinajstić information content (AvgIpc) is 2.54. The van der Waals surface area contributed by atoms with Gasteiger partial charge in [-0.3, -0.25) is 4.79 Å². The van der Waals surface area contributed by atoms with E-state index in [9.17, 15) is 4.79 Å². The van der Waals surface area contributed by atoms with Gasteiger partial charge in [0.1, 0.15) is 6.33 Å². The Kier molecular flexibility index (Phi) is 5.09. The zero-order chi connectivity index (χ0) is 16.1. The van der Waals surface area contributed by atoms with Crippen molar-refractivity contribution in [2.45, 2.75) is 19.4 Å². The summed E-state index contributed by atoms with van der Waals surface area (Å²) in [5.74, 6) is 0.0729. The van der Waals surface area contributed by atoms with Crippen molar-refractivity contribution in [3.8, 4) is 0 Å². The molecular formula is C17H22N4O. The van der Waals surface area contributed by atoms with E-state index in [2.05, 4.69) is 9.97 Å². The Labute approximate surface area is 131 Å². The first-order chi connectivity index (χ1) is 10.5.